The monoisotopic (exact) mass is 319 g/mol. The van der Waals surface area contributed by atoms with E-state index in [2.05, 4.69) is 0 Å². The number of aliphatic hydroxyl groups excluding tert-OH is 1. The molecule has 124 valence electrons. The third kappa shape index (κ3) is 3.17. The van der Waals surface area contributed by atoms with Crippen molar-refractivity contribution in [1.82, 2.24) is 4.90 Å². The highest BCUT2D eigenvalue weighted by Crippen LogP contribution is 2.43. The number of ether oxygens (including phenoxy) is 2. The largest absolute Gasteiger partial charge is 0.467 e. The van der Waals surface area contributed by atoms with Gasteiger partial charge in [-0.05, 0) is 30.2 Å². The number of rotatable bonds is 3. The maximum atomic E-state index is 12.4. The summed E-state index contributed by atoms with van der Waals surface area (Å²) in [6.45, 7) is 0.594. The molecule has 1 saturated carbocycles. The summed E-state index contributed by atoms with van der Waals surface area (Å²) >= 11 is 0. The van der Waals surface area contributed by atoms with Gasteiger partial charge in [0.25, 0.3) is 0 Å². The number of fused-ring (bicyclic) bond motifs is 1. The summed E-state index contributed by atoms with van der Waals surface area (Å²) < 4.78 is 10.2. The molecule has 1 aliphatic carbocycles. The molecule has 23 heavy (non-hydrogen) atoms. The second kappa shape index (κ2) is 6.58. The SMILES string of the molecule is COC(=O)[C@H]1[C@@H]2C[C@H](O)C[C@H]2CN1C(=O)OCc1ccccc1. The molecule has 0 aromatic heterocycles. The van der Waals surface area contributed by atoms with Gasteiger partial charge in [-0.15, -0.1) is 0 Å². The quantitative estimate of drug-likeness (QED) is 0.856. The van der Waals surface area contributed by atoms with Crippen molar-refractivity contribution in [2.75, 3.05) is 13.7 Å². The number of hydrogen-bond donors (Lipinski definition) is 1. The minimum absolute atomic E-state index is 0.0540. The van der Waals surface area contributed by atoms with Gasteiger partial charge in [0.05, 0.1) is 13.2 Å². The van der Waals surface area contributed by atoms with Crippen LogP contribution in [0.2, 0.25) is 0 Å². The normalized spacial score (nSPS) is 29.2. The summed E-state index contributed by atoms with van der Waals surface area (Å²) in [6, 6.07) is 8.74. The molecule has 1 aromatic carbocycles. The number of nitrogens with zero attached hydrogens (tertiary/aromatic N) is 1. The Morgan fingerprint density at radius 2 is 2.00 bits per heavy atom. The van der Waals surface area contributed by atoms with Gasteiger partial charge in [-0.1, -0.05) is 30.3 Å². The number of esters is 1. The number of benzene rings is 1. The number of aliphatic hydroxyl groups is 1. The summed E-state index contributed by atoms with van der Waals surface area (Å²) in [5.41, 5.74) is 0.894. The lowest BCUT2D eigenvalue weighted by molar-refractivity contribution is -0.146. The third-order valence-electron chi connectivity index (χ3n) is 4.78. The Labute approximate surface area is 135 Å². The highest BCUT2D eigenvalue weighted by atomic mass is 16.6. The number of hydrogen-bond acceptors (Lipinski definition) is 5. The van der Waals surface area contributed by atoms with Crippen LogP contribution >= 0.6 is 0 Å². The molecule has 2 aliphatic rings. The van der Waals surface area contributed by atoms with Crippen LogP contribution in [0.4, 0.5) is 4.79 Å². The highest BCUT2D eigenvalue weighted by Gasteiger charge is 2.52. The van der Waals surface area contributed by atoms with Crippen molar-refractivity contribution in [2.45, 2.75) is 31.6 Å². The molecule has 4 atom stereocenters. The van der Waals surface area contributed by atoms with E-state index in [-0.39, 0.29) is 18.4 Å². The minimum Gasteiger partial charge on any atom is -0.467 e. The van der Waals surface area contributed by atoms with Gasteiger partial charge in [-0.2, -0.15) is 0 Å². The van der Waals surface area contributed by atoms with Crippen molar-refractivity contribution < 1.29 is 24.2 Å². The smallest absolute Gasteiger partial charge is 0.410 e. The second-order valence-corrected chi connectivity index (χ2v) is 6.21. The minimum atomic E-state index is -0.662. The number of likely N-dealkylation sites (tertiary alicyclic amines) is 1. The van der Waals surface area contributed by atoms with E-state index in [0.717, 1.165) is 5.56 Å². The second-order valence-electron chi connectivity index (χ2n) is 6.21. The van der Waals surface area contributed by atoms with E-state index >= 15 is 0 Å². The molecular formula is C17H21NO5. The first-order chi connectivity index (χ1) is 11.1. The molecule has 2 fully saturated rings. The molecule has 1 saturated heterocycles. The van der Waals surface area contributed by atoms with Gasteiger partial charge >= 0.3 is 12.1 Å². The highest BCUT2D eigenvalue weighted by molar-refractivity contribution is 5.82. The summed E-state index contributed by atoms with van der Waals surface area (Å²) in [5, 5.41) is 9.80. The Morgan fingerprint density at radius 3 is 2.70 bits per heavy atom. The molecule has 1 N–H and O–H groups in total. The van der Waals surface area contributed by atoms with Crippen LogP contribution in [0.15, 0.2) is 30.3 Å². The van der Waals surface area contributed by atoms with Crippen LogP contribution in [0.25, 0.3) is 0 Å². The standard InChI is InChI=1S/C17H21NO5/c1-22-16(20)15-14-8-13(19)7-12(14)9-18(15)17(21)23-10-11-5-3-2-4-6-11/h2-6,12-15,19H,7-10H2,1H3/t12-,13+,14+,15+/m0/s1. The van der Waals surface area contributed by atoms with Crippen molar-refractivity contribution in [2.24, 2.45) is 11.8 Å². The van der Waals surface area contributed by atoms with E-state index in [1.165, 1.54) is 12.0 Å². The van der Waals surface area contributed by atoms with Crippen LogP contribution in [-0.2, 0) is 20.9 Å². The van der Waals surface area contributed by atoms with E-state index < -0.39 is 24.2 Å². The Hall–Kier alpha value is -2.08. The van der Waals surface area contributed by atoms with Gasteiger partial charge in [0.15, 0.2) is 0 Å². The predicted octanol–water partition coefficient (Wildman–Crippen LogP) is 1.57. The summed E-state index contributed by atoms with van der Waals surface area (Å²) in [6.07, 6.45) is 0.223. The Balaban J connectivity index is 1.68. The summed E-state index contributed by atoms with van der Waals surface area (Å²) in [4.78, 5) is 25.9. The van der Waals surface area contributed by atoms with Gasteiger partial charge in [0.2, 0.25) is 0 Å². The average molecular weight is 319 g/mol. The zero-order chi connectivity index (χ0) is 16.4. The third-order valence-corrected chi connectivity index (χ3v) is 4.78. The van der Waals surface area contributed by atoms with E-state index in [1.54, 1.807) is 0 Å². The summed E-state index contributed by atoms with van der Waals surface area (Å²) in [7, 11) is 1.31. The van der Waals surface area contributed by atoms with E-state index in [0.29, 0.717) is 19.4 Å². The fraction of sp³-hybridized carbons (Fsp3) is 0.529. The fourth-order valence-electron chi connectivity index (χ4n) is 3.73. The number of carbonyl (C=O) groups is 2. The molecule has 3 rings (SSSR count). The first kappa shape index (κ1) is 15.8. The van der Waals surface area contributed by atoms with Crippen LogP contribution in [0.1, 0.15) is 18.4 Å². The van der Waals surface area contributed by atoms with Crippen LogP contribution in [0, 0.1) is 11.8 Å². The first-order valence-corrected chi connectivity index (χ1v) is 7.83. The molecule has 6 heteroatoms. The Kier molecular flexibility index (Phi) is 4.52. The van der Waals surface area contributed by atoms with Crippen LogP contribution in [0.5, 0.6) is 0 Å². The molecule has 1 amide bonds. The number of methoxy groups -OCH3 is 1. The predicted molar refractivity (Wildman–Crippen MR) is 81.4 cm³/mol. The molecule has 1 heterocycles. The molecule has 6 nitrogen and oxygen atoms in total. The fourth-order valence-corrected chi connectivity index (χ4v) is 3.73. The van der Waals surface area contributed by atoms with Gasteiger partial charge in [0.1, 0.15) is 12.6 Å². The lowest BCUT2D eigenvalue weighted by atomic mass is 9.94. The zero-order valence-corrected chi connectivity index (χ0v) is 13.1. The van der Waals surface area contributed by atoms with Crippen LogP contribution in [-0.4, -0.2) is 47.9 Å². The molecular weight excluding hydrogens is 298 g/mol. The molecule has 0 radical (unpaired) electrons. The van der Waals surface area contributed by atoms with Gasteiger partial charge in [-0.25, -0.2) is 9.59 Å². The lowest BCUT2D eigenvalue weighted by Crippen LogP contribution is -2.44. The molecule has 0 bridgehead atoms. The summed E-state index contributed by atoms with van der Waals surface area (Å²) in [5.74, 6) is -0.372. The molecule has 1 aromatic rings. The van der Waals surface area contributed by atoms with Crippen molar-refractivity contribution >= 4 is 12.1 Å². The van der Waals surface area contributed by atoms with Crippen molar-refractivity contribution in [1.29, 1.82) is 0 Å². The zero-order valence-electron chi connectivity index (χ0n) is 13.1. The van der Waals surface area contributed by atoms with Gasteiger partial charge in [0, 0.05) is 6.54 Å². The maximum Gasteiger partial charge on any atom is 0.410 e. The van der Waals surface area contributed by atoms with Gasteiger partial charge in [-0.3, -0.25) is 4.90 Å². The van der Waals surface area contributed by atoms with Crippen molar-refractivity contribution in [3.63, 3.8) is 0 Å². The molecule has 1 aliphatic heterocycles. The lowest BCUT2D eigenvalue weighted by Gasteiger charge is -2.25. The topological polar surface area (TPSA) is 76.1 Å². The Morgan fingerprint density at radius 1 is 1.26 bits per heavy atom. The van der Waals surface area contributed by atoms with E-state index in [1.807, 2.05) is 30.3 Å². The van der Waals surface area contributed by atoms with E-state index in [4.69, 9.17) is 9.47 Å². The van der Waals surface area contributed by atoms with Crippen LogP contribution in [0.3, 0.4) is 0 Å². The van der Waals surface area contributed by atoms with Crippen molar-refractivity contribution in [3.8, 4) is 0 Å². The molecule has 0 unspecified atom stereocenters. The van der Waals surface area contributed by atoms with Crippen molar-refractivity contribution in [3.05, 3.63) is 35.9 Å². The maximum absolute atomic E-state index is 12.4. The van der Waals surface area contributed by atoms with Crippen LogP contribution < -0.4 is 0 Å². The molecule has 0 spiro atoms. The first-order valence-electron chi connectivity index (χ1n) is 7.83. The number of carbonyl (C=O) groups excluding carboxylic acids is 2. The van der Waals surface area contributed by atoms with Gasteiger partial charge < -0.3 is 14.6 Å². The number of amides is 1. The average Bonchev–Trinajstić information content (AvgIpc) is 3.08. The van der Waals surface area contributed by atoms with E-state index in [9.17, 15) is 14.7 Å². The Bertz CT molecular complexity index is 576.